The van der Waals surface area contributed by atoms with Crippen LogP contribution < -0.4 is 10.4 Å². The number of nitrogens with zero attached hydrogens (tertiary/aromatic N) is 2. The highest BCUT2D eigenvalue weighted by molar-refractivity contribution is 5.20. The van der Waals surface area contributed by atoms with Gasteiger partial charge in [0.25, 0.3) is 5.82 Å². The molecular weight excluding hydrogens is 178 g/mol. The quantitative estimate of drug-likeness (QED) is 0.645. The van der Waals surface area contributed by atoms with Gasteiger partial charge in [-0.15, -0.1) is 4.68 Å². The molecule has 2 rings (SSSR count). The Kier molecular flexibility index (Phi) is 1.96. The minimum atomic E-state index is -0.105. The predicted molar refractivity (Wildman–Crippen MR) is 52.3 cm³/mol. The number of aromatic nitrogens is 3. The van der Waals surface area contributed by atoms with Crippen LogP contribution in [0.1, 0.15) is 5.82 Å². The molecule has 72 valence electrons. The van der Waals surface area contributed by atoms with Gasteiger partial charge >= 0.3 is 5.69 Å². The first-order valence-electron chi connectivity index (χ1n) is 4.43. The Bertz CT molecular complexity index is 496. The van der Waals surface area contributed by atoms with E-state index in [2.05, 4.69) is 5.10 Å². The Morgan fingerprint density at radius 3 is 2.43 bits per heavy atom. The van der Waals surface area contributed by atoms with Crippen molar-refractivity contribution in [3.63, 3.8) is 0 Å². The van der Waals surface area contributed by atoms with E-state index in [1.165, 1.54) is 0 Å². The molecule has 1 N–H and O–H groups in total. The SMILES string of the molecule is Cc1n(C)c(=O)[nH][n+]1-c1ccccc1. The Hall–Kier alpha value is -1.84. The van der Waals surface area contributed by atoms with Gasteiger partial charge in [0.1, 0.15) is 0 Å². The van der Waals surface area contributed by atoms with Gasteiger partial charge in [0.2, 0.25) is 0 Å². The molecule has 4 nitrogen and oxygen atoms in total. The third-order valence-electron chi connectivity index (χ3n) is 2.34. The van der Waals surface area contributed by atoms with Crippen LogP contribution >= 0.6 is 0 Å². The van der Waals surface area contributed by atoms with Gasteiger partial charge in [-0.1, -0.05) is 18.2 Å². The maximum Gasteiger partial charge on any atom is 0.444 e. The second-order valence-electron chi connectivity index (χ2n) is 3.19. The Balaban J connectivity index is 2.64. The number of hydrogen-bond acceptors (Lipinski definition) is 1. The van der Waals surface area contributed by atoms with Crippen LogP contribution in [0.25, 0.3) is 5.69 Å². The summed E-state index contributed by atoms with van der Waals surface area (Å²) in [6.45, 7) is 1.89. The molecule has 0 saturated heterocycles. The van der Waals surface area contributed by atoms with Crippen LogP contribution in [0, 0.1) is 6.92 Å². The van der Waals surface area contributed by atoms with E-state index >= 15 is 0 Å². The van der Waals surface area contributed by atoms with Crippen LogP contribution in [0.2, 0.25) is 0 Å². The highest BCUT2D eigenvalue weighted by Crippen LogP contribution is 1.97. The highest BCUT2D eigenvalue weighted by Gasteiger charge is 2.15. The molecule has 0 aliphatic rings. The van der Waals surface area contributed by atoms with E-state index < -0.39 is 0 Å². The van der Waals surface area contributed by atoms with Crippen LogP contribution in [0.15, 0.2) is 35.1 Å². The van der Waals surface area contributed by atoms with Crippen molar-refractivity contribution in [3.05, 3.63) is 46.6 Å². The second kappa shape index (κ2) is 3.14. The zero-order chi connectivity index (χ0) is 10.1. The first-order valence-corrected chi connectivity index (χ1v) is 4.43. The summed E-state index contributed by atoms with van der Waals surface area (Å²) < 4.78 is 3.34. The number of aromatic amines is 1. The maximum atomic E-state index is 11.3. The Labute approximate surface area is 81.4 Å². The van der Waals surface area contributed by atoms with Crippen LogP contribution in [-0.2, 0) is 7.05 Å². The van der Waals surface area contributed by atoms with E-state index in [9.17, 15) is 4.79 Å². The topological polar surface area (TPSA) is 41.7 Å². The molecular formula is C10H12N3O+. The van der Waals surface area contributed by atoms with Crippen LogP contribution in [0.4, 0.5) is 0 Å². The molecule has 0 aliphatic carbocycles. The second-order valence-corrected chi connectivity index (χ2v) is 3.19. The first-order chi connectivity index (χ1) is 6.70. The van der Waals surface area contributed by atoms with Gasteiger partial charge in [0.05, 0.1) is 7.05 Å². The molecule has 0 spiro atoms. The van der Waals surface area contributed by atoms with E-state index in [0.29, 0.717) is 0 Å². The van der Waals surface area contributed by atoms with Crippen molar-refractivity contribution in [3.8, 4) is 5.69 Å². The van der Waals surface area contributed by atoms with Crippen molar-refractivity contribution in [1.29, 1.82) is 0 Å². The fourth-order valence-corrected chi connectivity index (χ4v) is 1.38. The predicted octanol–water partition coefficient (Wildman–Crippen LogP) is 0.299. The summed E-state index contributed by atoms with van der Waals surface area (Å²) in [4.78, 5) is 11.3. The number of benzene rings is 1. The highest BCUT2D eigenvalue weighted by atomic mass is 16.1. The average Bonchev–Trinajstić information content (AvgIpc) is 2.47. The fourth-order valence-electron chi connectivity index (χ4n) is 1.38. The van der Waals surface area contributed by atoms with Gasteiger partial charge in [0, 0.05) is 6.92 Å². The van der Waals surface area contributed by atoms with Crippen molar-refractivity contribution in [2.45, 2.75) is 6.92 Å². The smallest absolute Gasteiger partial charge is 0.217 e. The molecule has 0 atom stereocenters. The molecule has 2 aromatic rings. The van der Waals surface area contributed by atoms with Crippen molar-refractivity contribution < 1.29 is 4.68 Å². The summed E-state index contributed by atoms with van der Waals surface area (Å²) >= 11 is 0. The molecule has 14 heavy (non-hydrogen) atoms. The van der Waals surface area contributed by atoms with Crippen LogP contribution in [0.5, 0.6) is 0 Å². The van der Waals surface area contributed by atoms with Crippen LogP contribution in [0.3, 0.4) is 0 Å². The summed E-state index contributed by atoms with van der Waals surface area (Å²) in [5.74, 6) is 0.876. The minimum Gasteiger partial charge on any atom is -0.217 e. The lowest BCUT2D eigenvalue weighted by atomic mass is 10.3. The van der Waals surface area contributed by atoms with Crippen LogP contribution in [-0.4, -0.2) is 9.67 Å². The normalized spacial score (nSPS) is 10.4. The summed E-state index contributed by atoms with van der Waals surface area (Å²) in [5, 5.41) is 2.75. The zero-order valence-electron chi connectivity index (χ0n) is 8.19. The molecule has 1 aromatic heterocycles. The molecule has 0 amide bonds. The molecule has 0 bridgehead atoms. The molecule has 0 unspecified atom stereocenters. The Morgan fingerprint density at radius 1 is 1.29 bits per heavy atom. The van der Waals surface area contributed by atoms with E-state index in [1.807, 2.05) is 37.3 Å². The van der Waals surface area contributed by atoms with Gasteiger partial charge in [-0.2, -0.15) is 9.67 Å². The number of nitrogens with one attached hydrogen (secondary N) is 1. The maximum absolute atomic E-state index is 11.3. The van der Waals surface area contributed by atoms with Crippen molar-refractivity contribution >= 4 is 0 Å². The zero-order valence-corrected chi connectivity index (χ0v) is 8.19. The van der Waals surface area contributed by atoms with E-state index in [0.717, 1.165) is 11.5 Å². The third kappa shape index (κ3) is 1.25. The monoisotopic (exact) mass is 190 g/mol. The van der Waals surface area contributed by atoms with Gasteiger partial charge in [-0.25, -0.2) is 4.79 Å². The van der Waals surface area contributed by atoms with E-state index in [1.54, 1.807) is 16.3 Å². The Morgan fingerprint density at radius 2 is 1.93 bits per heavy atom. The van der Waals surface area contributed by atoms with Crippen molar-refractivity contribution in [1.82, 2.24) is 9.67 Å². The van der Waals surface area contributed by atoms with Gasteiger partial charge in [-0.05, 0) is 12.1 Å². The first kappa shape index (κ1) is 8.74. The molecule has 0 fully saturated rings. The minimum absolute atomic E-state index is 0.105. The molecule has 1 aromatic carbocycles. The number of H-pyrrole nitrogens is 1. The van der Waals surface area contributed by atoms with Gasteiger partial charge < -0.3 is 0 Å². The summed E-state index contributed by atoms with van der Waals surface area (Å²) in [7, 11) is 1.74. The number of rotatable bonds is 1. The lowest BCUT2D eigenvalue weighted by Crippen LogP contribution is -2.37. The summed E-state index contributed by atoms with van der Waals surface area (Å²) in [5.41, 5.74) is 0.856. The van der Waals surface area contributed by atoms with Gasteiger partial charge in [0.15, 0.2) is 5.69 Å². The number of hydrogen-bond donors (Lipinski definition) is 1. The largest absolute Gasteiger partial charge is 0.444 e. The van der Waals surface area contributed by atoms with Crippen molar-refractivity contribution in [2.75, 3.05) is 0 Å². The fraction of sp³-hybridized carbons (Fsp3) is 0.200. The van der Waals surface area contributed by atoms with E-state index in [-0.39, 0.29) is 5.69 Å². The molecule has 1 heterocycles. The lowest BCUT2D eigenvalue weighted by molar-refractivity contribution is -0.664. The number of para-hydroxylation sites is 1. The standard InChI is InChI=1S/C10H11N3O/c1-8-12(2)10(14)11-13(8)9-6-4-3-5-7-9/h3-7H,1-2H3/p+1. The molecule has 0 saturated carbocycles. The van der Waals surface area contributed by atoms with E-state index in [4.69, 9.17) is 0 Å². The third-order valence-corrected chi connectivity index (χ3v) is 2.34. The summed E-state index contributed by atoms with van der Waals surface area (Å²) in [6.07, 6.45) is 0. The molecule has 0 aliphatic heterocycles. The molecule has 0 radical (unpaired) electrons. The molecule has 4 heteroatoms. The van der Waals surface area contributed by atoms with Gasteiger partial charge in [-0.3, -0.25) is 0 Å². The summed E-state index contributed by atoms with van der Waals surface area (Å²) in [6, 6.07) is 9.71. The lowest BCUT2D eigenvalue weighted by Gasteiger charge is -1.94. The average molecular weight is 190 g/mol. The van der Waals surface area contributed by atoms with Crippen molar-refractivity contribution in [2.24, 2.45) is 7.05 Å².